The van der Waals surface area contributed by atoms with Gasteiger partial charge in [0.25, 0.3) is 0 Å². The van der Waals surface area contributed by atoms with Crippen molar-refractivity contribution in [2.24, 2.45) is 11.7 Å². The van der Waals surface area contributed by atoms with E-state index >= 15 is 0 Å². The highest BCUT2D eigenvalue weighted by Gasteiger charge is 2.31. The maximum Gasteiger partial charge on any atom is 0.220 e. The van der Waals surface area contributed by atoms with Crippen molar-refractivity contribution in [3.05, 3.63) is 0 Å². The standard InChI is InChI=1S/C13H24N2O2S/c1-3-10(8-12(14)18)15-13(16)7-9-5-11(6-9)17-4-2/h9-11H,3-8H2,1-2H3,(H2,14,18)(H,15,16). The minimum atomic E-state index is 0.0813. The minimum absolute atomic E-state index is 0.0813. The maximum atomic E-state index is 11.8. The van der Waals surface area contributed by atoms with Crippen LogP contribution in [0.4, 0.5) is 0 Å². The lowest BCUT2D eigenvalue weighted by Crippen LogP contribution is -2.40. The third kappa shape index (κ3) is 5.31. The number of hydrogen-bond acceptors (Lipinski definition) is 3. The molecule has 1 atom stereocenters. The van der Waals surface area contributed by atoms with Crippen molar-refractivity contribution < 1.29 is 9.53 Å². The summed E-state index contributed by atoms with van der Waals surface area (Å²) in [6.07, 6.45) is 4.42. The van der Waals surface area contributed by atoms with Gasteiger partial charge in [-0.25, -0.2) is 0 Å². The predicted molar refractivity (Wildman–Crippen MR) is 76.4 cm³/mol. The first-order chi connectivity index (χ1) is 8.55. The molecular weight excluding hydrogens is 248 g/mol. The number of rotatable bonds is 8. The largest absolute Gasteiger partial charge is 0.393 e. The first kappa shape index (κ1) is 15.4. The normalized spacial score (nSPS) is 24.1. The van der Waals surface area contributed by atoms with Gasteiger partial charge in [-0.15, -0.1) is 0 Å². The van der Waals surface area contributed by atoms with Gasteiger partial charge in [-0.05, 0) is 32.1 Å². The van der Waals surface area contributed by atoms with E-state index in [0.29, 0.717) is 29.9 Å². The summed E-state index contributed by atoms with van der Waals surface area (Å²) in [5.41, 5.74) is 5.50. The molecule has 0 spiro atoms. The lowest BCUT2D eigenvalue weighted by atomic mass is 9.80. The summed E-state index contributed by atoms with van der Waals surface area (Å²) in [7, 11) is 0. The first-order valence-corrected chi connectivity index (χ1v) is 7.15. The molecule has 1 aliphatic rings. The van der Waals surface area contributed by atoms with Gasteiger partial charge in [0.1, 0.15) is 0 Å². The Kier molecular flexibility index (Phi) is 6.57. The summed E-state index contributed by atoms with van der Waals surface area (Å²) in [5.74, 6) is 0.585. The Morgan fingerprint density at radius 3 is 2.67 bits per heavy atom. The number of nitrogens with two attached hydrogens (primary N) is 1. The molecule has 0 aromatic carbocycles. The smallest absolute Gasteiger partial charge is 0.220 e. The van der Waals surface area contributed by atoms with Crippen molar-refractivity contribution in [2.75, 3.05) is 6.61 Å². The molecule has 1 unspecified atom stereocenters. The number of hydrogen-bond donors (Lipinski definition) is 2. The van der Waals surface area contributed by atoms with E-state index in [1.54, 1.807) is 0 Å². The van der Waals surface area contributed by atoms with Crippen LogP contribution in [-0.2, 0) is 9.53 Å². The van der Waals surface area contributed by atoms with Crippen LogP contribution in [0.3, 0.4) is 0 Å². The molecule has 18 heavy (non-hydrogen) atoms. The number of thiocarbonyl (C=S) groups is 1. The van der Waals surface area contributed by atoms with Crippen LogP contribution in [0.1, 0.15) is 46.0 Å². The Hall–Kier alpha value is -0.680. The van der Waals surface area contributed by atoms with Crippen LogP contribution in [0, 0.1) is 5.92 Å². The van der Waals surface area contributed by atoms with Gasteiger partial charge < -0.3 is 15.8 Å². The molecule has 1 fully saturated rings. The Morgan fingerprint density at radius 2 is 2.17 bits per heavy atom. The van der Waals surface area contributed by atoms with Gasteiger partial charge in [0.2, 0.25) is 5.91 Å². The average Bonchev–Trinajstić information content (AvgIpc) is 2.24. The number of amides is 1. The number of nitrogens with one attached hydrogen (secondary N) is 1. The second-order valence-corrected chi connectivity index (χ2v) is 5.49. The van der Waals surface area contributed by atoms with Crippen molar-refractivity contribution in [3.8, 4) is 0 Å². The number of carbonyl (C=O) groups excluding carboxylic acids is 1. The zero-order valence-electron chi connectivity index (χ0n) is 11.3. The lowest BCUT2D eigenvalue weighted by molar-refractivity contribution is -0.125. The number of carbonyl (C=O) groups is 1. The Labute approximate surface area is 115 Å². The molecule has 0 saturated heterocycles. The van der Waals surface area contributed by atoms with Crippen molar-refractivity contribution in [1.82, 2.24) is 5.32 Å². The van der Waals surface area contributed by atoms with E-state index in [0.717, 1.165) is 25.9 Å². The minimum Gasteiger partial charge on any atom is -0.393 e. The van der Waals surface area contributed by atoms with Gasteiger partial charge in [0.15, 0.2) is 0 Å². The van der Waals surface area contributed by atoms with Crippen LogP contribution < -0.4 is 11.1 Å². The van der Waals surface area contributed by atoms with Crippen LogP contribution >= 0.6 is 12.2 Å². The second-order valence-electron chi connectivity index (χ2n) is 4.96. The SMILES string of the molecule is CCOC1CC(CC(=O)NC(CC)CC(N)=S)C1. The fourth-order valence-corrected chi connectivity index (χ4v) is 2.50. The summed E-state index contributed by atoms with van der Waals surface area (Å²) < 4.78 is 5.48. The monoisotopic (exact) mass is 272 g/mol. The Morgan fingerprint density at radius 1 is 1.50 bits per heavy atom. The van der Waals surface area contributed by atoms with Gasteiger partial charge in [-0.2, -0.15) is 0 Å². The van der Waals surface area contributed by atoms with Crippen molar-refractivity contribution in [3.63, 3.8) is 0 Å². The van der Waals surface area contributed by atoms with E-state index < -0.39 is 0 Å². The Bertz CT molecular complexity index is 291. The van der Waals surface area contributed by atoms with Crippen LogP contribution in [-0.4, -0.2) is 29.6 Å². The zero-order chi connectivity index (χ0) is 13.5. The topological polar surface area (TPSA) is 64.3 Å². The Balaban J connectivity index is 2.19. The van der Waals surface area contributed by atoms with Crippen LogP contribution in [0.25, 0.3) is 0 Å². The second kappa shape index (κ2) is 7.69. The third-order valence-electron chi connectivity index (χ3n) is 3.37. The average molecular weight is 272 g/mol. The molecule has 3 N–H and O–H groups in total. The summed E-state index contributed by atoms with van der Waals surface area (Å²) in [6, 6.07) is 0.0813. The van der Waals surface area contributed by atoms with Crippen molar-refractivity contribution in [1.29, 1.82) is 0 Å². The van der Waals surface area contributed by atoms with Gasteiger partial charge >= 0.3 is 0 Å². The highest BCUT2D eigenvalue weighted by molar-refractivity contribution is 7.80. The molecule has 1 aliphatic carbocycles. The van der Waals surface area contributed by atoms with Gasteiger partial charge in [0.05, 0.1) is 11.1 Å². The summed E-state index contributed by atoms with van der Waals surface area (Å²) in [6.45, 7) is 4.79. The molecule has 0 aliphatic heterocycles. The lowest BCUT2D eigenvalue weighted by Gasteiger charge is -2.34. The van der Waals surface area contributed by atoms with Crippen LogP contribution in [0.5, 0.6) is 0 Å². The molecule has 1 saturated carbocycles. The fraction of sp³-hybridized carbons (Fsp3) is 0.846. The van der Waals surface area contributed by atoms with Crippen molar-refractivity contribution in [2.45, 2.75) is 58.1 Å². The molecule has 104 valence electrons. The molecule has 0 radical (unpaired) electrons. The summed E-state index contributed by atoms with van der Waals surface area (Å²) in [4.78, 5) is 12.3. The summed E-state index contributed by atoms with van der Waals surface area (Å²) >= 11 is 4.87. The van der Waals surface area contributed by atoms with E-state index in [2.05, 4.69) is 5.32 Å². The van der Waals surface area contributed by atoms with E-state index in [1.165, 1.54) is 0 Å². The van der Waals surface area contributed by atoms with Crippen LogP contribution in [0.15, 0.2) is 0 Å². The third-order valence-corrected chi connectivity index (χ3v) is 3.54. The van der Waals surface area contributed by atoms with Gasteiger partial charge in [0, 0.05) is 25.5 Å². The molecule has 0 bridgehead atoms. The molecule has 0 heterocycles. The molecule has 0 aromatic heterocycles. The van der Waals surface area contributed by atoms with E-state index in [4.69, 9.17) is 22.7 Å². The van der Waals surface area contributed by atoms with E-state index in [-0.39, 0.29) is 11.9 Å². The molecule has 1 rings (SSSR count). The predicted octanol–water partition coefficient (Wildman–Crippen LogP) is 1.76. The first-order valence-electron chi connectivity index (χ1n) is 6.74. The molecule has 0 aromatic rings. The van der Waals surface area contributed by atoms with E-state index in [1.807, 2.05) is 13.8 Å². The molecule has 1 amide bonds. The number of ether oxygens (including phenoxy) is 1. The zero-order valence-corrected chi connectivity index (χ0v) is 12.1. The molecule has 5 heteroatoms. The fourth-order valence-electron chi connectivity index (χ4n) is 2.30. The van der Waals surface area contributed by atoms with Gasteiger partial charge in [-0.1, -0.05) is 19.1 Å². The van der Waals surface area contributed by atoms with Crippen molar-refractivity contribution >= 4 is 23.1 Å². The van der Waals surface area contributed by atoms with E-state index in [9.17, 15) is 4.79 Å². The highest BCUT2D eigenvalue weighted by Crippen LogP contribution is 2.32. The van der Waals surface area contributed by atoms with Gasteiger partial charge in [-0.3, -0.25) is 4.79 Å². The quantitative estimate of drug-likeness (QED) is 0.661. The molecular formula is C13H24N2O2S. The van der Waals surface area contributed by atoms with Crippen LogP contribution in [0.2, 0.25) is 0 Å². The summed E-state index contributed by atoms with van der Waals surface area (Å²) in [5, 5.41) is 3.00. The maximum absolute atomic E-state index is 11.8. The molecule has 4 nitrogen and oxygen atoms in total. The highest BCUT2D eigenvalue weighted by atomic mass is 32.1.